The topological polar surface area (TPSA) is 63.2 Å². The summed E-state index contributed by atoms with van der Waals surface area (Å²) in [7, 11) is -3.33. The van der Waals surface area contributed by atoms with E-state index in [2.05, 4.69) is 21.2 Å². The molecule has 0 aromatic heterocycles. The average molecular weight is 436 g/mol. The molecule has 0 heterocycles. The van der Waals surface area contributed by atoms with E-state index in [4.69, 9.17) is 0 Å². The summed E-state index contributed by atoms with van der Waals surface area (Å²) in [5.74, 6) is -0.182. The van der Waals surface area contributed by atoms with Crippen LogP contribution < -0.4 is 5.32 Å². The van der Waals surface area contributed by atoms with Crippen molar-refractivity contribution in [2.75, 3.05) is 0 Å². The highest BCUT2D eigenvalue weighted by atomic mass is 79.9. The Bertz CT molecular complexity index is 916. The molecule has 4 nitrogen and oxygen atoms in total. The number of rotatable bonds is 5. The van der Waals surface area contributed by atoms with Crippen molar-refractivity contribution in [3.05, 3.63) is 64.1 Å². The number of hydrogen-bond acceptors (Lipinski definition) is 3. The maximum Gasteiger partial charge on any atom is 0.251 e. The Morgan fingerprint density at radius 1 is 1.12 bits per heavy atom. The normalized spacial score (nSPS) is 16.2. The van der Waals surface area contributed by atoms with Gasteiger partial charge >= 0.3 is 0 Å². The smallest absolute Gasteiger partial charge is 0.251 e. The van der Waals surface area contributed by atoms with Crippen molar-refractivity contribution in [1.29, 1.82) is 0 Å². The van der Waals surface area contributed by atoms with E-state index in [0.717, 1.165) is 29.3 Å². The van der Waals surface area contributed by atoms with Gasteiger partial charge in [0.1, 0.15) is 0 Å². The third-order valence-corrected chi connectivity index (χ3v) is 7.67. The predicted molar refractivity (Wildman–Crippen MR) is 106 cm³/mol. The van der Waals surface area contributed by atoms with Crippen LogP contribution in [0.25, 0.3) is 0 Å². The molecule has 0 saturated heterocycles. The summed E-state index contributed by atoms with van der Waals surface area (Å²) in [6.07, 6.45) is 2.86. The molecular formula is C20H22BrNO3S. The van der Waals surface area contributed by atoms with Gasteiger partial charge in [0.15, 0.2) is 9.84 Å². The molecule has 2 aromatic carbocycles. The summed E-state index contributed by atoms with van der Waals surface area (Å²) in [6.45, 7) is 3.29. The summed E-state index contributed by atoms with van der Waals surface area (Å²) < 4.78 is 25.4. The lowest BCUT2D eigenvalue weighted by Gasteiger charge is -2.43. The van der Waals surface area contributed by atoms with Crippen molar-refractivity contribution in [2.45, 2.75) is 48.8 Å². The van der Waals surface area contributed by atoms with Crippen molar-refractivity contribution in [1.82, 2.24) is 5.32 Å². The molecule has 0 radical (unpaired) electrons. The first-order valence-electron chi connectivity index (χ1n) is 8.67. The molecule has 1 fully saturated rings. The van der Waals surface area contributed by atoms with Crippen LogP contribution in [0.5, 0.6) is 0 Å². The van der Waals surface area contributed by atoms with Gasteiger partial charge in [-0.15, -0.1) is 0 Å². The minimum absolute atomic E-state index is 0.182. The Labute approximate surface area is 163 Å². The van der Waals surface area contributed by atoms with E-state index in [1.165, 1.54) is 12.1 Å². The van der Waals surface area contributed by atoms with Gasteiger partial charge in [-0.2, -0.15) is 0 Å². The molecule has 1 aliphatic carbocycles. The van der Waals surface area contributed by atoms with Crippen LogP contribution in [-0.4, -0.2) is 19.6 Å². The number of sulfone groups is 1. The van der Waals surface area contributed by atoms with Gasteiger partial charge in [-0.1, -0.05) is 28.1 Å². The Balaban J connectivity index is 1.81. The number of halogens is 1. The van der Waals surface area contributed by atoms with Crippen LogP contribution >= 0.6 is 15.9 Å². The molecule has 1 amide bonds. The fourth-order valence-corrected chi connectivity index (χ4v) is 4.62. The molecule has 0 spiro atoms. The first-order chi connectivity index (χ1) is 12.2. The molecule has 26 heavy (non-hydrogen) atoms. The van der Waals surface area contributed by atoms with Crippen molar-refractivity contribution in [3.8, 4) is 0 Å². The van der Waals surface area contributed by atoms with Crippen LogP contribution in [0.1, 0.15) is 49.0 Å². The van der Waals surface area contributed by atoms with E-state index in [1.807, 2.05) is 24.3 Å². The Kier molecular flexibility index (Phi) is 5.26. The van der Waals surface area contributed by atoms with Gasteiger partial charge in [0.2, 0.25) is 0 Å². The number of carbonyl (C=O) groups excluding carboxylic acids is 1. The molecule has 0 atom stereocenters. The summed E-state index contributed by atoms with van der Waals surface area (Å²) in [4.78, 5) is 13.0. The van der Waals surface area contributed by atoms with Crippen LogP contribution in [0.15, 0.2) is 57.9 Å². The maximum atomic E-state index is 12.7. The highest BCUT2D eigenvalue weighted by Gasteiger charge is 2.40. The van der Waals surface area contributed by atoms with Crippen molar-refractivity contribution in [2.24, 2.45) is 0 Å². The molecule has 0 aliphatic heterocycles. The first-order valence-corrected chi connectivity index (χ1v) is 11.0. The van der Waals surface area contributed by atoms with Gasteiger partial charge in [-0.05, 0) is 75.1 Å². The summed E-state index contributed by atoms with van der Waals surface area (Å²) in [6, 6.07) is 14.2. The van der Waals surface area contributed by atoms with E-state index in [9.17, 15) is 13.2 Å². The van der Waals surface area contributed by atoms with Crippen molar-refractivity contribution >= 4 is 31.7 Å². The largest absolute Gasteiger partial charge is 0.343 e. The van der Waals surface area contributed by atoms with Gasteiger partial charge < -0.3 is 5.32 Å². The second-order valence-electron chi connectivity index (χ2n) is 7.02. The number of carbonyl (C=O) groups is 1. The van der Waals surface area contributed by atoms with Gasteiger partial charge in [0.25, 0.3) is 5.91 Å². The first kappa shape index (κ1) is 19.1. The van der Waals surface area contributed by atoms with Crippen LogP contribution in [0.2, 0.25) is 0 Å². The van der Waals surface area contributed by atoms with E-state index in [0.29, 0.717) is 5.56 Å². The zero-order chi connectivity index (χ0) is 18.9. The fraction of sp³-hybridized carbons (Fsp3) is 0.350. The van der Waals surface area contributed by atoms with E-state index < -0.39 is 15.1 Å². The third kappa shape index (κ3) is 3.58. The fourth-order valence-electron chi connectivity index (χ4n) is 3.16. The highest BCUT2D eigenvalue weighted by Crippen LogP contribution is 2.42. The monoisotopic (exact) mass is 435 g/mol. The number of benzene rings is 2. The lowest BCUT2D eigenvalue weighted by atomic mass is 9.71. The quantitative estimate of drug-likeness (QED) is 0.754. The van der Waals surface area contributed by atoms with Gasteiger partial charge in [-0.3, -0.25) is 4.79 Å². The molecule has 3 rings (SSSR count). The highest BCUT2D eigenvalue weighted by molar-refractivity contribution is 9.10. The van der Waals surface area contributed by atoms with Gasteiger partial charge in [-0.25, -0.2) is 8.42 Å². The standard InChI is InChI=1S/C20H22BrNO3S/c1-14(2)26(24,25)18-9-7-15(8-10-18)19(23)22-20(11-4-12-20)16-5-3-6-17(21)13-16/h3,5-10,13-14H,4,11-12H2,1-2H3,(H,22,23). The van der Waals surface area contributed by atoms with Crippen LogP contribution in [0, 0.1) is 0 Å². The molecule has 0 bridgehead atoms. The molecule has 6 heteroatoms. The van der Waals surface area contributed by atoms with Crippen LogP contribution in [-0.2, 0) is 15.4 Å². The van der Waals surface area contributed by atoms with Crippen LogP contribution in [0.3, 0.4) is 0 Å². The van der Waals surface area contributed by atoms with E-state index in [1.54, 1.807) is 26.0 Å². The predicted octanol–water partition coefficient (Wildman–Crippen LogP) is 4.44. The molecular weight excluding hydrogens is 414 g/mol. The SMILES string of the molecule is CC(C)S(=O)(=O)c1ccc(C(=O)NC2(c3cccc(Br)c3)CCC2)cc1. The number of hydrogen-bond donors (Lipinski definition) is 1. The lowest BCUT2D eigenvalue weighted by molar-refractivity contribution is 0.0823. The molecule has 138 valence electrons. The lowest BCUT2D eigenvalue weighted by Crippen LogP contribution is -2.50. The minimum atomic E-state index is -3.33. The molecule has 1 N–H and O–H groups in total. The summed E-state index contributed by atoms with van der Waals surface area (Å²) in [5, 5.41) is 2.67. The zero-order valence-corrected chi connectivity index (χ0v) is 17.2. The molecule has 1 aliphatic rings. The number of amides is 1. The molecule has 1 saturated carbocycles. The second-order valence-corrected chi connectivity index (χ2v) is 10.4. The molecule has 0 unspecified atom stereocenters. The van der Waals surface area contributed by atoms with Crippen LogP contribution in [0.4, 0.5) is 0 Å². The second kappa shape index (κ2) is 7.16. The summed E-state index contributed by atoms with van der Waals surface area (Å²) >= 11 is 3.49. The average Bonchev–Trinajstić information content (AvgIpc) is 2.58. The van der Waals surface area contributed by atoms with Gasteiger partial charge in [0.05, 0.1) is 15.7 Å². The van der Waals surface area contributed by atoms with Crippen molar-refractivity contribution in [3.63, 3.8) is 0 Å². The van der Waals surface area contributed by atoms with Gasteiger partial charge in [0, 0.05) is 10.0 Å². The Morgan fingerprint density at radius 3 is 2.27 bits per heavy atom. The Hall–Kier alpha value is -1.66. The third-order valence-electron chi connectivity index (χ3n) is 5.00. The zero-order valence-electron chi connectivity index (χ0n) is 14.8. The Morgan fingerprint density at radius 2 is 1.77 bits per heavy atom. The summed E-state index contributed by atoms with van der Waals surface area (Å²) in [5.41, 5.74) is 1.21. The molecule has 2 aromatic rings. The maximum absolute atomic E-state index is 12.7. The minimum Gasteiger partial charge on any atom is -0.343 e. The van der Waals surface area contributed by atoms with E-state index >= 15 is 0 Å². The van der Waals surface area contributed by atoms with E-state index in [-0.39, 0.29) is 16.3 Å². The van der Waals surface area contributed by atoms with Crippen molar-refractivity contribution < 1.29 is 13.2 Å². The number of nitrogens with one attached hydrogen (secondary N) is 1.